The maximum atomic E-state index is 12.5. The fourth-order valence-electron chi connectivity index (χ4n) is 2.40. The Bertz CT molecular complexity index is 863. The third kappa shape index (κ3) is 3.41. The second kappa shape index (κ2) is 6.24. The first-order valence-corrected chi connectivity index (χ1v) is 8.49. The van der Waals surface area contributed by atoms with E-state index in [-0.39, 0.29) is 11.4 Å². The number of aromatic nitrogens is 2. The van der Waals surface area contributed by atoms with Crippen molar-refractivity contribution in [3.8, 4) is 0 Å². The summed E-state index contributed by atoms with van der Waals surface area (Å²) in [7, 11) is 0. The molecule has 3 rings (SSSR count). The molecule has 0 aromatic carbocycles. The lowest BCUT2D eigenvalue weighted by Gasteiger charge is -2.20. The van der Waals surface area contributed by atoms with Crippen LogP contribution in [0.4, 0.5) is 5.82 Å². The third-order valence-electron chi connectivity index (χ3n) is 3.43. The van der Waals surface area contributed by atoms with Crippen LogP contribution >= 0.6 is 11.3 Å². The molecule has 0 saturated carbocycles. The summed E-state index contributed by atoms with van der Waals surface area (Å²) in [6.07, 6.45) is 3.14. The Balaban J connectivity index is 1.93. The van der Waals surface area contributed by atoms with Crippen molar-refractivity contribution in [1.82, 2.24) is 15.3 Å². The molecule has 3 aromatic rings. The minimum atomic E-state index is -0.286. The highest BCUT2D eigenvalue weighted by molar-refractivity contribution is 7.20. The summed E-state index contributed by atoms with van der Waals surface area (Å²) >= 11 is 1.38. The van der Waals surface area contributed by atoms with Crippen LogP contribution in [-0.2, 0) is 6.54 Å². The number of amides is 1. The first-order chi connectivity index (χ1) is 11.3. The molecule has 0 fully saturated rings. The van der Waals surface area contributed by atoms with Gasteiger partial charge >= 0.3 is 0 Å². The van der Waals surface area contributed by atoms with Crippen LogP contribution in [-0.4, -0.2) is 21.4 Å². The van der Waals surface area contributed by atoms with Gasteiger partial charge in [0.05, 0.1) is 23.1 Å². The molecule has 6 nitrogen and oxygen atoms in total. The average Bonchev–Trinajstić information content (AvgIpc) is 3.12. The van der Waals surface area contributed by atoms with Crippen molar-refractivity contribution in [2.24, 2.45) is 0 Å². The standard InChI is InChI=1S/C17H20N4O2S/c1-10-12-14(18-8-11-6-5-7-23-11)19-9-20-16(12)24-13(10)15(22)21-17(2,3)4/h5-7,9H,8H2,1-4H3,(H,21,22)(H,18,19,20). The number of rotatable bonds is 4. The van der Waals surface area contributed by atoms with E-state index in [0.29, 0.717) is 17.2 Å². The molecule has 7 heteroatoms. The number of carbonyl (C=O) groups is 1. The summed E-state index contributed by atoms with van der Waals surface area (Å²) in [5.74, 6) is 1.44. The molecule has 0 unspecified atom stereocenters. The predicted molar refractivity (Wildman–Crippen MR) is 95.4 cm³/mol. The molecule has 126 valence electrons. The van der Waals surface area contributed by atoms with Crippen LogP contribution in [0.25, 0.3) is 10.2 Å². The molecule has 2 N–H and O–H groups in total. The van der Waals surface area contributed by atoms with Gasteiger partial charge in [-0.05, 0) is 45.4 Å². The van der Waals surface area contributed by atoms with Crippen molar-refractivity contribution in [3.63, 3.8) is 0 Å². The lowest BCUT2D eigenvalue weighted by atomic mass is 10.1. The zero-order valence-electron chi connectivity index (χ0n) is 14.1. The van der Waals surface area contributed by atoms with E-state index in [9.17, 15) is 4.79 Å². The molecule has 0 aliphatic heterocycles. The van der Waals surface area contributed by atoms with Gasteiger partial charge in [-0.25, -0.2) is 9.97 Å². The number of hydrogen-bond donors (Lipinski definition) is 2. The second-order valence-corrected chi connectivity index (χ2v) is 7.59. The molecule has 0 bridgehead atoms. The molecular weight excluding hydrogens is 324 g/mol. The number of anilines is 1. The number of carbonyl (C=O) groups excluding carboxylic acids is 1. The Morgan fingerprint density at radius 3 is 2.79 bits per heavy atom. The first-order valence-electron chi connectivity index (χ1n) is 7.68. The van der Waals surface area contributed by atoms with Crippen LogP contribution in [0.5, 0.6) is 0 Å². The van der Waals surface area contributed by atoms with Crippen molar-refractivity contribution >= 4 is 33.3 Å². The Labute approximate surface area is 144 Å². The summed E-state index contributed by atoms with van der Waals surface area (Å²) in [4.78, 5) is 22.6. The minimum Gasteiger partial charge on any atom is -0.467 e. The number of nitrogens with one attached hydrogen (secondary N) is 2. The summed E-state index contributed by atoms with van der Waals surface area (Å²) in [5.41, 5.74) is 0.602. The van der Waals surface area contributed by atoms with Crippen molar-refractivity contribution in [2.75, 3.05) is 5.32 Å². The number of nitrogens with zero attached hydrogens (tertiary/aromatic N) is 2. The lowest BCUT2D eigenvalue weighted by molar-refractivity contribution is 0.0923. The molecule has 0 spiro atoms. The van der Waals surface area contributed by atoms with E-state index in [4.69, 9.17) is 4.42 Å². The number of thiophene rings is 1. The summed E-state index contributed by atoms with van der Waals surface area (Å²) < 4.78 is 5.33. The maximum Gasteiger partial charge on any atom is 0.262 e. The monoisotopic (exact) mass is 344 g/mol. The highest BCUT2D eigenvalue weighted by Gasteiger charge is 2.22. The molecule has 0 aliphatic carbocycles. The Morgan fingerprint density at radius 1 is 1.33 bits per heavy atom. The van der Waals surface area contributed by atoms with Gasteiger partial charge < -0.3 is 15.1 Å². The second-order valence-electron chi connectivity index (χ2n) is 6.60. The summed E-state index contributed by atoms with van der Waals surface area (Å²) in [5, 5.41) is 7.14. The SMILES string of the molecule is Cc1c(C(=O)NC(C)(C)C)sc2ncnc(NCc3ccco3)c12. The smallest absolute Gasteiger partial charge is 0.262 e. The Hall–Kier alpha value is -2.41. The lowest BCUT2D eigenvalue weighted by Crippen LogP contribution is -2.40. The van der Waals surface area contributed by atoms with E-state index in [1.54, 1.807) is 6.26 Å². The zero-order chi connectivity index (χ0) is 17.3. The van der Waals surface area contributed by atoms with Crippen LogP contribution in [0.2, 0.25) is 0 Å². The van der Waals surface area contributed by atoms with Crippen molar-refractivity contribution in [2.45, 2.75) is 39.8 Å². The van der Waals surface area contributed by atoms with E-state index < -0.39 is 0 Å². The van der Waals surface area contributed by atoms with E-state index in [1.807, 2.05) is 39.8 Å². The van der Waals surface area contributed by atoms with Gasteiger partial charge in [0.2, 0.25) is 0 Å². The quantitative estimate of drug-likeness (QED) is 0.754. The van der Waals surface area contributed by atoms with Crippen molar-refractivity contribution < 1.29 is 9.21 Å². The predicted octanol–water partition coefficient (Wildman–Crippen LogP) is 3.73. The molecule has 0 saturated heterocycles. The Morgan fingerprint density at radius 2 is 2.12 bits per heavy atom. The maximum absolute atomic E-state index is 12.5. The fourth-order valence-corrected chi connectivity index (χ4v) is 3.45. The highest BCUT2D eigenvalue weighted by Crippen LogP contribution is 2.33. The molecular formula is C17H20N4O2S. The number of fused-ring (bicyclic) bond motifs is 1. The van der Waals surface area contributed by atoms with Crippen molar-refractivity contribution in [3.05, 3.63) is 40.9 Å². The van der Waals surface area contributed by atoms with Gasteiger partial charge in [-0.1, -0.05) is 0 Å². The van der Waals surface area contributed by atoms with E-state index in [0.717, 1.165) is 21.5 Å². The van der Waals surface area contributed by atoms with Gasteiger partial charge in [-0.2, -0.15) is 0 Å². The normalized spacial score (nSPS) is 11.7. The number of furan rings is 1. The molecule has 0 aliphatic rings. The topological polar surface area (TPSA) is 80.0 Å². The fraction of sp³-hybridized carbons (Fsp3) is 0.353. The van der Waals surface area contributed by atoms with Crippen molar-refractivity contribution in [1.29, 1.82) is 0 Å². The zero-order valence-corrected chi connectivity index (χ0v) is 15.0. The number of hydrogen-bond acceptors (Lipinski definition) is 6. The van der Waals surface area contributed by atoms with Crippen LogP contribution in [0, 0.1) is 6.92 Å². The molecule has 0 atom stereocenters. The van der Waals surface area contributed by atoms with Gasteiger partial charge in [0.15, 0.2) is 0 Å². The van der Waals surface area contributed by atoms with E-state index in [1.165, 1.54) is 17.7 Å². The summed E-state index contributed by atoms with van der Waals surface area (Å²) in [6.45, 7) is 8.34. The summed E-state index contributed by atoms with van der Waals surface area (Å²) in [6, 6.07) is 3.74. The molecule has 3 aromatic heterocycles. The van der Waals surface area contributed by atoms with Crippen LogP contribution in [0.3, 0.4) is 0 Å². The van der Waals surface area contributed by atoms with Gasteiger partial charge in [0.1, 0.15) is 22.7 Å². The van der Waals surface area contributed by atoms with Crippen LogP contribution < -0.4 is 10.6 Å². The van der Waals surface area contributed by atoms with Gasteiger partial charge in [-0.3, -0.25) is 4.79 Å². The highest BCUT2D eigenvalue weighted by atomic mass is 32.1. The average molecular weight is 344 g/mol. The first kappa shape index (κ1) is 16.4. The third-order valence-corrected chi connectivity index (χ3v) is 4.63. The van der Waals surface area contributed by atoms with Gasteiger partial charge in [-0.15, -0.1) is 11.3 Å². The molecule has 1 amide bonds. The molecule has 3 heterocycles. The van der Waals surface area contributed by atoms with E-state index >= 15 is 0 Å². The van der Waals surface area contributed by atoms with Crippen LogP contribution in [0.15, 0.2) is 29.1 Å². The largest absolute Gasteiger partial charge is 0.467 e. The molecule has 0 radical (unpaired) electrons. The van der Waals surface area contributed by atoms with Gasteiger partial charge in [0, 0.05) is 5.54 Å². The van der Waals surface area contributed by atoms with E-state index in [2.05, 4.69) is 20.6 Å². The molecule has 24 heavy (non-hydrogen) atoms. The number of aryl methyl sites for hydroxylation is 1. The van der Waals surface area contributed by atoms with Gasteiger partial charge in [0.25, 0.3) is 5.91 Å². The Kier molecular flexibility index (Phi) is 4.28. The minimum absolute atomic E-state index is 0.0833. The van der Waals surface area contributed by atoms with Crippen LogP contribution in [0.1, 0.15) is 41.8 Å².